The summed E-state index contributed by atoms with van der Waals surface area (Å²) in [6.07, 6.45) is 5.31. The summed E-state index contributed by atoms with van der Waals surface area (Å²) in [4.78, 5) is 2.43. The molecule has 0 heterocycles. The van der Waals surface area contributed by atoms with Gasteiger partial charge in [-0.2, -0.15) is 0 Å². The van der Waals surface area contributed by atoms with Crippen LogP contribution in [0.2, 0.25) is 5.02 Å². The minimum Gasteiger partial charge on any atom is -0.371 e. The Kier molecular flexibility index (Phi) is 4.98. The van der Waals surface area contributed by atoms with Crippen LogP contribution in [0.25, 0.3) is 0 Å². The van der Waals surface area contributed by atoms with Crippen LogP contribution in [0.3, 0.4) is 0 Å². The lowest BCUT2D eigenvalue weighted by Gasteiger charge is -2.30. The number of halogens is 1. The zero-order valence-corrected chi connectivity index (χ0v) is 13.9. The number of hydrogen-bond donors (Lipinski definition) is 1. The second-order valence-corrected chi connectivity index (χ2v) is 7.30. The van der Waals surface area contributed by atoms with E-state index in [1.54, 1.807) is 0 Å². The molecule has 1 aromatic rings. The van der Waals surface area contributed by atoms with E-state index in [0.29, 0.717) is 6.04 Å². The van der Waals surface area contributed by atoms with Gasteiger partial charge < -0.3 is 10.2 Å². The Morgan fingerprint density at radius 3 is 2.50 bits per heavy atom. The first-order chi connectivity index (χ1) is 9.38. The molecule has 0 aromatic heterocycles. The van der Waals surface area contributed by atoms with Crippen LogP contribution < -0.4 is 10.2 Å². The van der Waals surface area contributed by atoms with Gasteiger partial charge in [-0.25, -0.2) is 0 Å². The quantitative estimate of drug-likeness (QED) is 0.872. The molecule has 1 aromatic carbocycles. The van der Waals surface area contributed by atoms with Gasteiger partial charge in [-0.3, -0.25) is 0 Å². The first-order valence-electron chi connectivity index (χ1n) is 7.64. The van der Waals surface area contributed by atoms with Gasteiger partial charge in [-0.15, -0.1) is 0 Å². The summed E-state index contributed by atoms with van der Waals surface area (Å²) in [5.41, 5.74) is 2.60. The van der Waals surface area contributed by atoms with E-state index < -0.39 is 0 Å². The van der Waals surface area contributed by atoms with E-state index in [2.05, 4.69) is 50.2 Å². The third-order valence-electron chi connectivity index (χ3n) is 4.14. The zero-order chi connectivity index (χ0) is 14.8. The van der Waals surface area contributed by atoms with Crippen molar-refractivity contribution in [3.8, 4) is 0 Å². The third kappa shape index (κ3) is 3.89. The summed E-state index contributed by atoms with van der Waals surface area (Å²) in [6.45, 7) is 7.37. The van der Waals surface area contributed by atoms with Crippen molar-refractivity contribution in [2.45, 2.75) is 64.6 Å². The molecule has 112 valence electrons. The Morgan fingerprint density at radius 1 is 1.25 bits per heavy atom. The Labute approximate surface area is 128 Å². The normalized spacial score (nSPS) is 16.6. The van der Waals surface area contributed by atoms with Gasteiger partial charge in [0.05, 0.1) is 0 Å². The molecule has 2 rings (SSSR count). The van der Waals surface area contributed by atoms with Crippen LogP contribution in [0, 0.1) is 0 Å². The van der Waals surface area contributed by atoms with Crippen LogP contribution in [0.1, 0.15) is 52.0 Å². The zero-order valence-electron chi connectivity index (χ0n) is 13.2. The van der Waals surface area contributed by atoms with Crippen molar-refractivity contribution in [2.75, 3.05) is 11.9 Å². The fraction of sp³-hybridized carbons (Fsp3) is 0.647. The first-order valence-corrected chi connectivity index (χ1v) is 8.01. The van der Waals surface area contributed by atoms with Crippen molar-refractivity contribution in [3.05, 3.63) is 28.8 Å². The van der Waals surface area contributed by atoms with Crippen LogP contribution in [0.15, 0.2) is 18.2 Å². The van der Waals surface area contributed by atoms with E-state index >= 15 is 0 Å². The highest BCUT2D eigenvalue weighted by molar-refractivity contribution is 6.31. The van der Waals surface area contributed by atoms with Gasteiger partial charge in [0.25, 0.3) is 0 Å². The topological polar surface area (TPSA) is 15.3 Å². The fourth-order valence-electron chi connectivity index (χ4n) is 2.89. The van der Waals surface area contributed by atoms with Crippen LogP contribution in [-0.2, 0) is 6.54 Å². The van der Waals surface area contributed by atoms with Crippen LogP contribution in [-0.4, -0.2) is 18.6 Å². The molecule has 0 spiro atoms. The van der Waals surface area contributed by atoms with E-state index in [1.807, 2.05) is 6.07 Å². The molecule has 0 radical (unpaired) electrons. The van der Waals surface area contributed by atoms with Crippen molar-refractivity contribution >= 4 is 17.3 Å². The molecule has 2 nitrogen and oxygen atoms in total. The minimum absolute atomic E-state index is 0.0996. The molecule has 0 bridgehead atoms. The maximum Gasteiger partial charge on any atom is 0.0471 e. The SMILES string of the molecule is CN(c1cccc(Cl)c1CNC(C)(C)C)C1CCCC1. The van der Waals surface area contributed by atoms with Crippen LogP contribution in [0.5, 0.6) is 0 Å². The van der Waals surface area contributed by atoms with E-state index in [9.17, 15) is 0 Å². The van der Waals surface area contributed by atoms with Gasteiger partial charge in [0.2, 0.25) is 0 Å². The molecule has 1 fully saturated rings. The monoisotopic (exact) mass is 294 g/mol. The lowest BCUT2D eigenvalue weighted by atomic mass is 10.1. The van der Waals surface area contributed by atoms with Gasteiger partial charge >= 0.3 is 0 Å². The molecule has 0 aliphatic heterocycles. The second-order valence-electron chi connectivity index (χ2n) is 6.89. The number of benzene rings is 1. The van der Waals surface area contributed by atoms with Crippen molar-refractivity contribution in [2.24, 2.45) is 0 Å². The van der Waals surface area contributed by atoms with Crippen molar-refractivity contribution in [1.29, 1.82) is 0 Å². The predicted molar refractivity (Wildman–Crippen MR) is 88.7 cm³/mol. The van der Waals surface area contributed by atoms with Gasteiger partial charge in [-0.05, 0) is 45.7 Å². The lowest BCUT2D eigenvalue weighted by molar-refractivity contribution is 0.424. The summed E-state index contributed by atoms with van der Waals surface area (Å²) in [5.74, 6) is 0. The first kappa shape index (κ1) is 15.7. The Balaban J connectivity index is 2.21. The molecule has 20 heavy (non-hydrogen) atoms. The second kappa shape index (κ2) is 6.36. The summed E-state index contributed by atoms with van der Waals surface area (Å²) in [7, 11) is 2.21. The van der Waals surface area contributed by atoms with Crippen LogP contribution in [0.4, 0.5) is 5.69 Å². The highest BCUT2D eigenvalue weighted by Crippen LogP contribution is 2.32. The van der Waals surface area contributed by atoms with Gasteiger partial charge in [-0.1, -0.05) is 30.5 Å². The largest absolute Gasteiger partial charge is 0.371 e. The summed E-state index contributed by atoms with van der Waals surface area (Å²) in [5, 5.41) is 4.42. The molecule has 0 atom stereocenters. The van der Waals surface area contributed by atoms with E-state index in [4.69, 9.17) is 11.6 Å². The average Bonchev–Trinajstić information content (AvgIpc) is 2.89. The maximum absolute atomic E-state index is 6.44. The van der Waals surface area contributed by atoms with Crippen molar-refractivity contribution in [1.82, 2.24) is 5.32 Å². The van der Waals surface area contributed by atoms with Crippen LogP contribution >= 0.6 is 11.6 Å². The maximum atomic E-state index is 6.44. The molecule has 0 unspecified atom stereocenters. The standard InChI is InChI=1S/C17H27ClN2/c1-17(2,3)19-12-14-15(18)10-7-11-16(14)20(4)13-8-5-6-9-13/h7,10-11,13,19H,5-6,8-9,12H2,1-4H3. The van der Waals surface area contributed by atoms with E-state index in [1.165, 1.54) is 36.9 Å². The Morgan fingerprint density at radius 2 is 1.90 bits per heavy atom. The molecular formula is C17H27ClN2. The number of rotatable bonds is 4. The summed E-state index contributed by atoms with van der Waals surface area (Å²) >= 11 is 6.44. The molecular weight excluding hydrogens is 268 g/mol. The minimum atomic E-state index is 0.0996. The molecule has 1 saturated carbocycles. The van der Waals surface area contributed by atoms with Crippen molar-refractivity contribution < 1.29 is 0 Å². The Hall–Kier alpha value is -0.730. The molecule has 1 aliphatic carbocycles. The molecule has 0 amide bonds. The highest BCUT2D eigenvalue weighted by atomic mass is 35.5. The van der Waals surface area contributed by atoms with E-state index in [0.717, 1.165) is 11.6 Å². The Bertz CT molecular complexity index is 445. The molecule has 3 heteroatoms. The fourth-order valence-corrected chi connectivity index (χ4v) is 3.13. The smallest absolute Gasteiger partial charge is 0.0471 e. The molecule has 1 N–H and O–H groups in total. The summed E-state index contributed by atoms with van der Waals surface area (Å²) < 4.78 is 0. The van der Waals surface area contributed by atoms with Crippen molar-refractivity contribution in [3.63, 3.8) is 0 Å². The number of hydrogen-bond acceptors (Lipinski definition) is 2. The average molecular weight is 295 g/mol. The van der Waals surface area contributed by atoms with Gasteiger partial charge in [0.1, 0.15) is 0 Å². The molecule has 1 aliphatic rings. The van der Waals surface area contributed by atoms with E-state index in [-0.39, 0.29) is 5.54 Å². The number of nitrogens with zero attached hydrogens (tertiary/aromatic N) is 1. The van der Waals surface area contributed by atoms with Gasteiger partial charge in [0, 0.05) is 41.4 Å². The predicted octanol–water partition coefficient (Wildman–Crippen LogP) is 4.61. The highest BCUT2D eigenvalue weighted by Gasteiger charge is 2.22. The lowest BCUT2D eigenvalue weighted by Crippen LogP contribution is -2.36. The molecule has 0 saturated heterocycles. The summed E-state index contributed by atoms with van der Waals surface area (Å²) in [6, 6.07) is 6.92. The third-order valence-corrected chi connectivity index (χ3v) is 4.50. The van der Waals surface area contributed by atoms with Gasteiger partial charge in [0.15, 0.2) is 0 Å². The number of nitrogens with one attached hydrogen (secondary N) is 1. The number of anilines is 1.